The Morgan fingerprint density at radius 1 is 1.33 bits per heavy atom. The van der Waals surface area contributed by atoms with Gasteiger partial charge in [-0.25, -0.2) is 4.79 Å². The van der Waals surface area contributed by atoms with Crippen LogP contribution < -0.4 is 15.4 Å². The number of ether oxygens (including phenoxy) is 1. The van der Waals surface area contributed by atoms with E-state index in [4.69, 9.17) is 4.74 Å². The number of rotatable bonds is 4. The molecular formula is C14H18N2O2. The van der Waals surface area contributed by atoms with Crippen LogP contribution in [0.15, 0.2) is 42.0 Å². The van der Waals surface area contributed by atoms with Gasteiger partial charge in [0, 0.05) is 13.1 Å². The molecule has 0 aromatic heterocycles. The quantitative estimate of drug-likeness (QED) is 0.800. The van der Waals surface area contributed by atoms with Gasteiger partial charge in [-0.3, -0.25) is 0 Å². The van der Waals surface area contributed by atoms with Crippen LogP contribution in [0.25, 0.3) is 0 Å². The number of nitrogens with one attached hydrogen (secondary N) is 2. The molecule has 1 aliphatic heterocycles. The Labute approximate surface area is 107 Å². The molecule has 0 spiro atoms. The Morgan fingerprint density at radius 2 is 2.17 bits per heavy atom. The van der Waals surface area contributed by atoms with Crippen molar-refractivity contribution >= 4 is 6.09 Å². The van der Waals surface area contributed by atoms with E-state index in [0.29, 0.717) is 12.3 Å². The van der Waals surface area contributed by atoms with Gasteiger partial charge in [-0.2, -0.15) is 0 Å². The Balaban J connectivity index is 1.67. The van der Waals surface area contributed by atoms with Gasteiger partial charge in [0.05, 0.1) is 0 Å². The predicted octanol–water partition coefficient (Wildman–Crippen LogP) is 2.08. The van der Waals surface area contributed by atoms with E-state index < -0.39 is 6.09 Å². The van der Waals surface area contributed by atoms with Crippen molar-refractivity contribution in [1.29, 1.82) is 0 Å². The van der Waals surface area contributed by atoms with E-state index in [-0.39, 0.29) is 0 Å². The fraction of sp³-hybridized carbons (Fsp3) is 0.357. The van der Waals surface area contributed by atoms with Gasteiger partial charge in [0.2, 0.25) is 0 Å². The summed E-state index contributed by atoms with van der Waals surface area (Å²) in [6.07, 6.45) is 3.75. The standard InChI is InChI=1S/C14H18N2O2/c17-14(18-13-4-2-1-3-5-13)16-11-8-12-6-9-15-10-7-12/h1-6,15H,7-11H2,(H,16,17). The largest absolute Gasteiger partial charge is 0.412 e. The Bertz CT molecular complexity index is 415. The molecule has 1 amide bonds. The lowest BCUT2D eigenvalue weighted by Crippen LogP contribution is -2.29. The summed E-state index contributed by atoms with van der Waals surface area (Å²) >= 11 is 0. The fourth-order valence-electron chi connectivity index (χ4n) is 1.85. The van der Waals surface area contributed by atoms with Gasteiger partial charge in [-0.05, 0) is 31.5 Å². The molecule has 0 fully saturated rings. The van der Waals surface area contributed by atoms with E-state index in [1.165, 1.54) is 5.57 Å². The zero-order valence-electron chi connectivity index (χ0n) is 10.3. The van der Waals surface area contributed by atoms with Crippen LogP contribution in [-0.4, -0.2) is 25.7 Å². The lowest BCUT2D eigenvalue weighted by Gasteiger charge is -2.14. The molecule has 0 unspecified atom stereocenters. The van der Waals surface area contributed by atoms with Crippen LogP contribution in [0.5, 0.6) is 5.75 Å². The van der Waals surface area contributed by atoms with Crippen LogP contribution in [0.1, 0.15) is 12.8 Å². The number of hydrogen-bond acceptors (Lipinski definition) is 3. The smallest absolute Gasteiger partial charge is 0.410 e. The van der Waals surface area contributed by atoms with Crippen molar-refractivity contribution in [3.63, 3.8) is 0 Å². The van der Waals surface area contributed by atoms with Crippen LogP contribution in [0, 0.1) is 0 Å². The average Bonchev–Trinajstić information content (AvgIpc) is 2.41. The van der Waals surface area contributed by atoms with Crippen molar-refractivity contribution in [1.82, 2.24) is 10.6 Å². The van der Waals surface area contributed by atoms with Crippen LogP contribution in [0.2, 0.25) is 0 Å². The van der Waals surface area contributed by atoms with E-state index in [1.54, 1.807) is 12.1 Å². The first-order valence-electron chi connectivity index (χ1n) is 6.24. The lowest BCUT2D eigenvalue weighted by atomic mass is 10.1. The maximum Gasteiger partial charge on any atom is 0.412 e. The maximum atomic E-state index is 11.5. The van der Waals surface area contributed by atoms with Gasteiger partial charge in [-0.1, -0.05) is 29.8 Å². The average molecular weight is 246 g/mol. The van der Waals surface area contributed by atoms with Crippen LogP contribution >= 0.6 is 0 Å². The molecule has 1 aromatic rings. The number of carbonyl (C=O) groups excluding carboxylic acids is 1. The minimum atomic E-state index is -0.393. The maximum absolute atomic E-state index is 11.5. The van der Waals surface area contributed by atoms with E-state index in [9.17, 15) is 4.79 Å². The second kappa shape index (κ2) is 6.81. The first-order valence-corrected chi connectivity index (χ1v) is 6.24. The highest BCUT2D eigenvalue weighted by molar-refractivity contribution is 5.70. The van der Waals surface area contributed by atoms with E-state index in [2.05, 4.69) is 16.7 Å². The molecule has 0 aliphatic carbocycles. The van der Waals surface area contributed by atoms with Gasteiger partial charge in [0.25, 0.3) is 0 Å². The molecule has 0 bridgehead atoms. The van der Waals surface area contributed by atoms with Crippen molar-refractivity contribution in [2.75, 3.05) is 19.6 Å². The highest BCUT2D eigenvalue weighted by Gasteiger charge is 2.05. The Hall–Kier alpha value is -1.81. The number of amides is 1. The van der Waals surface area contributed by atoms with Crippen molar-refractivity contribution in [3.8, 4) is 5.75 Å². The molecular weight excluding hydrogens is 228 g/mol. The molecule has 96 valence electrons. The van der Waals surface area contributed by atoms with E-state index in [0.717, 1.165) is 25.9 Å². The van der Waals surface area contributed by atoms with Gasteiger partial charge in [0.1, 0.15) is 5.75 Å². The fourth-order valence-corrected chi connectivity index (χ4v) is 1.85. The predicted molar refractivity (Wildman–Crippen MR) is 70.7 cm³/mol. The number of para-hydroxylation sites is 1. The highest BCUT2D eigenvalue weighted by atomic mass is 16.5. The summed E-state index contributed by atoms with van der Waals surface area (Å²) in [5.41, 5.74) is 1.40. The molecule has 0 atom stereocenters. The Morgan fingerprint density at radius 3 is 2.89 bits per heavy atom. The lowest BCUT2D eigenvalue weighted by molar-refractivity contribution is 0.200. The van der Waals surface area contributed by atoms with E-state index in [1.807, 2.05) is 18.2 Å². The zero-order chi connectivity index (χ0) is 12.6. The molecule has 1 aliphatic rings. The molecule has 4 nitrogen and oxygen atoms in total. The second-order valence-corrected chi connectivity index (χ2v) is 4.20. The first kappa shape index (κ1) is 12.6. The molecule has 2 N–H and O–H groups in total. The van der Waals surface area contributed by atoms with Gasteiger partial charge < -0.3 is 15.4 Å². The molecule has 4 heteroatoms. The highest BCUT2D eigenvalue weighted by Crippen LogP contribution is 2.09. The summed E-state index contributed by atoms with van der Waals surface area (Å²) in [6, 6.07) is 9.07. The molecule has 0 saturated carbocycles. The second-order valence-electron chi connectivity index (χ2n) is 4.20. The topological polar surface area (TPSA) is 50.4 Å². The molecule has 0 radical (unpaired) electrons. The molecule has 18 heavy (non-hydrogen) atoms. The van der Waals surface area contributed by atoms with Crippen LogP contribution in [0.4, 0.5) is 4.79 Å². The zero-order valence-corrected chi connectivity index (χ0v) is 10.3. The third kappa shape index (κ3) is 4.22. The molecule has 1 aromatic carbocycles. The minimum absolute atomic E-state index is 0.393. The molecule has 0 saturated heterocycles. The van der Waals surface area contributed by atoms with Crippen molar-refractivity contribution in [3.05, 3.63) is 42.0 Å². The number of carbonyl (C=O) groups is 1. The monoisotopic (exact) mass is 246 g/mol. The summed E-state index contributed by atoms with van der Waals surface area (Å²) < 4.78 is 5.12. The normalized spacial score (nSPS) is 14.8. The summed E-state index contributed by atoms with van der Waals surface area (Å²) in [7, 11) is 0. The minimum Gasteiger partial charge on any atom is -0.410 e. The van der Waals surface area contributed by atoms with E-state index >= 15 is 0 Å². The SMILES string of the molecule is O=C(NCCC1=CCNCC1)Oc1ccccc1. The van der Waals surface area contributed by atoms with Gasteiger partial charge in [0.15, 0.2) is 0 Å². The van der Waals surface area contributed by atoms with Crippen LogP contribution in [-0.2, 0) is 0 Å². The Kier molecular flexibility index (Phi) is 4.78. The third-order valence-corrected chi connectivity index (χ3v) is 2.83. The molecule has 1 heterocycles. The summed E-state index contributed by atoms with van der Waals surface area (Å²) in [6.45, 7) is 2.58. The third-order valence-electron chi connectivity index (χ3n) is 2.83. The summed E-state index contributed by atoms with van der Waals surface area (Å²) in [5, 5.41) is 6.01. The van der Waals surface area contributed by atoms with Crippen molar-refractivity contribution in [2.45, 2.75) is 12.8 Å². The van der Waals surface area contributed by atoms with Gasteiger partial charge in [-0.15, -0.1) is 0 Å². The van der Waals surface area contributed by atoms with Crippen LogP contribution in [0.3, 0.4) is 0 Å². The molecule has 2 rings (SSSR count). The van der Waals surface area contributed by atoms with Crippen molar-refractivity contribution < 1.29 is 9.53 Å². The number of benzene rings is 1. The van der Waals surface area contributed by atoms with Gasteiger partial charge >= 0.3 is 6.09 Å². The summed E-state index contributed by atoms with van der Waals surface area (Å²) in [5.74, 6) is 0.566. The first-order chi connectivity index (χ1) is 8.84. The number of hydrogen-bond donors (Lipinski definition) is 2. The van der Waals surface area contributed by atoms with Crippen molar-refractivity contribution in [2.24, 2.45) is 0 Å². The summed E-state index contributed by atoms with van der Waals surface area (Å²) in [4.78, 5) is 11.5.